The third-order valence-electron chi connectivity index (χ3n) is 3.59. The van der Waals surface area contributed by atoms with Crippen LogP contribution in [0.15, 0.2) is 35.5 Å². The molecule has 3 aromatic rings. The predicted molar refractivity (Wildman–Crippen MR) is 89.7 cm³/mol. The highest BCUT2D eigenvalue weighted by Crippen LogP contribution is 2.19. The second kappa shape index (κ2) is 6.40. The lowest BCUT2D eigenvalue weighted by Gasteiger charge is -2.03. The van der Waals surface area contributed by atoms with E-state index in [0.717, 1.165) is 15.8 Å². The molecular formula is C16H16N4O3S. The van der Waals surface area contributed by atoms with Crippen LogP contribution in [0.3, 0.4) is 0 Å². The molecule has 0 radical (unpaired) electrons. The van der Waals surface area contributed by atoms with Gasteiger partial charge in [0.15, 0.2) is 4.80 Å². The number of methoxy groups -OCH3 is 1. The zero-order chi connectivity index (χ0) is 17.3. The summed E-state index contributed by atoms with van der Waals surface area (Å²) in [4.78, 5) is 28.8. The number of hydrogen-bond acceptors (Lipinski definition) is 5. The van der Waals surface area contributed by atoms with Gasteiger partial charge in [-0.05, 0) is 30.7 Å². The molecular weight excluding hydrogens is 328 g/mol. The minimum atomic E-state index is -0.406. The molecule has 24 heavy (non-hydrogen) atoms. The molecule has 3 rings (SSSR count). The van der Waals surface area contributed by atoms with Crippen LogP contribution in [-0.2, 0) is 23.1 Å². The number of hydrogen-bond donors (Lipinski definition) is 0. The first-order valence-electron chi connectivity index (χ1n) is 7.23. The lowest BCUT2D eigenvalue weighted by Crippen LogP contribution is -2.22. The van der Waals surface area contributed by atoms with Crippen molar-refractivity contribution in [1.29, 1.82) is 0 Å². The fraction of sp³-hybridized carbons (Fsp3) is 0.250. The molecule has 2 aromatic heterocycles. The van der Waals surface area contributed by atoms with Crippen LogP contribution < -0.4 is 4.80 Å². The number of rotatable bonds is 3. The molecule has 0 spiro atoms. The molecule has 0 aliphatic heterocycles. The molecule has 2 heterocycles. The van der Waals surface area contributed by atoms with Gasteiger partial charge in [-0.2, -0.15) is 10.1 Å². The van der Waals surface area contributed by atoms with Gasteiger partial charge in [0.2, 0.25) is 0 Å². The van der Waals surface area contributed by atoms with E-state index in [-0.39, 0.29) is 6.54 Å². The minimum Gasteiger partial charge on any atom is -0.468 e. The molecule has 0 N–H and O–H groups in total. The summed E-state index contributed by atoms with van der Waals surface area (Å²) in [5.74, 6) is -0.804. The van der Waals surface area contributed by atoms with E-state index in [2.05, 4.69) is 10.1 Å². The molecule has 1 aromatic carbocycles. The summed E-state index contributed by atoms with van der Waals surface area (Å²) in [5, 5.41) is 3.98. The van der Waals surface area contributed by atoms with Gasteiger partial charge in [0.25, 0.3) is 5.91 Å². The van der Waals surface area contributed by atoms with Crippen molar-refractivity contribution < 1.29 is 14.3 Å². The molecule has 124 valence electrons. The molecule has 1 amide bonds. The fourth-order valence-corrected chi connectivity index (χ4v) is 3.47. The maximum atomic E-state index is 12.4. The van der Waals surface area contributed by atoms with Crippen molar-refractivity contribution in [2.45, 2.75) is 13.5 Å². The van der Waals surface area contributed by atoms with Gasteiger partial charge >= 0.3 is 5.97 Å². The van der Waals surface area contributed by atoms with Crippen LogP contribution in [-0.4, -0.2) is 33.3 Å². The van der Waals surface area contributed by atoms with Gasteiger partial charge in [-0.3, -0.25) is 14.3 Å². The second-order valence-corrected chi connectivity index (χ2v) is 6.28. The number of aromatic nitrogens is 3. The highest BCUT2D eigenvalue weighted by atomic mass is 32.1. The van der Waals surface area contributed by atoms with Crippen molar-refractivity contribution in [1.82, 2.24) is 14.3 Å². The summed E-state index contributed by atoms with van der Waals surface area (Å²) < 4.78 is 8.87. The Kier molecular flexibility index (Phi) is 4.30. The number of aryl methyl sites for hydroxylation is 2. The zero-order valence-corrected chi connectivity index (χ0v) is 14.3. The molecule has 8 heteroatoms. The molecule has 7 nitrogen and oxygen atoms in total. The van der Waals surface area contributed by atoms with Crippen molar-refractivity contribution in [3.05, 3.63) is 46.5 Å². The Bertz CT molecular complexity index is 996. The molecule has 0 bridgehead atoms. The average Bonchev–Trinajstić information content (AvgIpc) is 3.11. The Hall–Kier alpha value is -2.74. The highest BCUT2D eigenvalue weighted by molar-refractivity contribution is 7.16. The van der Waals surface area contributed by atoms with E-state index >= 15 is 0 Å². The number of thiazole rings is 1. The third kappa shape index (κ3) is 3.00. The summed E-state index contributed by atoms with van der Waals surface area (Å²) in [7, 11) is 3.01. The minimum absolute atomic E-state index is 0.00292. The molecule has 0 saturated carbocycles. The van der Waals surface area contributed by atoms with Crippen molar-refractivity contribution in [3.8, 4) is 0 Å². The Morgan fingerprint density at radius 1 is 1.33 bits per heavy atom. The molecule has 0 saturated heterocycles. The number of fused-ring (bicyclic) bond motifs is 1. The first-order valence-corrected chi connectivity index (χ1v) is 8.05. The monoisotopic (exact) mass is 344 g/mol. The summed E-state index contributed by atoms with van der Waals surface area (Å²) >= 11 is 1.36. The lowest BCUT2D eigenvalue weighted by molar-refractivity contribution is -0.141. The Balaban J connectivity index is 2.17. The average molecular weight is 344 g/mol. The molecule has 0 aliphatic carbocycles. The van der Waals surface area contributed by atoms with Crippen molar-refractivity contribution in [2.24, 2.45) is 12.0 Å². The number of benzene rings is 1. The largest absolute Gasteiger partial charge is 0.468 e. The van der Waals surface area contributed by atoms with Crippen LogP contribution in [0.25, 0.3) is 10.2 Å². The number of carbonyl (C=O) groups is 2. The summed E-state index contributed by atoms with van der Waals surface area (Å²) in [5.41, 5.74) is 2.32. The van der Waals surface area contributed by atoms with Gasteiger partial charge in [0.1, 0.15) is 12.2 Å². The SMILES string of the molecule is COC(=O)Cn1c(=NC(=O)c2ccnn2C)sc2cc(C)ccc21. The molecule has 0 atom stereocenters. The van der Waals surface area contributed by atoms with E-state index in [1.807, 2.05) is 25.1 Å². The van der Waals surface area contributed by atoms with E-state index in [1.54, 1.807) is 23.9 Å². The van der Waals surface area contributed by atoms with Gasteiger partial charge in [0, 0.05) is 13.2 Å². The maximum Gasteiger partial charge on any atom is 0.325 e. The van der Waals surface area contributed by atoms with E-state index in [4.69, 9.17) is 4.74 Å². The number of esters is 1. The standard InChI is InChI=1S/C16H16N4O3S/c1-10-4-5-11-13(8-10)24-16(20(11)9-14(21)23-3)18-15(22)12-6-7-17-19(12)2/h4-8H,9H2,1-3H3. The van der Waals surface area contributed by atoms with Gasteiger partial charge in [-0.1, -0.05) is 17.4 Å². The first-order chi connectivity index (χ1) is 11.5. The summed E-state index contributed by atoms with van der Waals surface area (Å²) in [6.07, 6.45) is 1.54. The van der Waals surface area contributed by atoms with Crippen LogP contribution >= 0.6 is 11.3 Å². The van der Waals surface area contributed by atoms with E-state index in [0.29, 0.717) is 10.5 Å². The number of ether oxygens (including phenoxy) is 1. The third-order valence-corrected chi connectivity index (χ3v) is 4.63. The fourth-order valence-electron chi connectivity index (χ4n) is 2.34. The lowest BCUT2D eigenvalue weighted by atomic mass is 10.2. The van der Waals surface area contributed by atoms with Crippen LogP contribution in [0, 0.1) is 6.92 Å². The molecule has 0 unspecified atom stereocenters. The van der Waals surface area contributed by atoms with Crippen molar-refractivity contribution >= 4 is 33.4 Å². The predicted octanol–water partition coefficient (Wildman–Crippen LogP) is 1.66. The number of carbonyl (C=O) groups excluding carboxylic acids is 2. The van der Waals surface area contributed by atoms with E-state index in [9.17, 15) is 9.59 Å². The van der Waals surface area contributed by atoms with Gasteiger partial charge in [-0.25, -0.2) is 0 Å². The van der Waals surface area contributed by atoms with Gasteiger partial charge in [-0.15, -0.1) is 0 Å². The van der Waals surface area contributed by atoms with Crippen LogP contribution in [0.2, 0.25) is 0 Å². The summed E-state index contributed by atoms with van der Waals surface area (Å²) in [6, 6.07) is 7.47. The Morgan fingerprint density at radius 3 is 2.79 bits per heavy atom. The van der Waals surface area contributed by atoms with Crippen LogP contribution in [0.1, 0.15) is 16.1 Å². The van der Waals surface area contributed by atoms with E-state index < -0.39 is 11.9 Å². The zero-order valence-electron chi connectivity index (χ0n) is 13.5. The topological polar surface area (TPSA) is 78.5 Å². The molecule has 0 aliphatic rings. The second-order valence-electron chi connectivity index (χ2n) is 5.28. The molecule has 0 fully saturated rings. The maximum absolute atomic E-state index is 12.4. The Morgan fingerprint density at radius 2 is 2.12 bits per heavy atom. The smallest absolute Gasteiger partial charge is 0.325 e. The highest BCUT2D eigenvalue weighted by Gasteiger charge is 2.14. The summed E-state index contributed by atoms with van der Waals surface area (Å²) in [6.45, 7) is 1.98. The van der Waals surface area contributed by atoms with Gasteiger partial charge < -0.3 is 9.30 Å². The number of amides is 1. The van der Waals surface area contributed by atoms with Crippen molar-refractivity contribution in [2.75, 3.05) is 7.11 Å². The van der Waals surface area contributed by atoms with Crippen molar-refractivity contribution in [3.63, 3.8) is 0 Å². The number of nitrogens with zero attached hydrogens (tertiary/aromatic N) is 4. The van der Waals surface area contributed by atoms with Crippen LogP contribution in [0.4, 0.5) is 0 Å². The Labute approximate surface area is 141 Å². The normalized spacial score (nSPS) is 11.9. The first kappa shape index (κ1) is 16.1. The quantitative estimate of drug-likeness (QED) is 0.677. The van der Waals surface area contributed by atoms with Crippen LogP contribution in [0.5, 0.6) is 0 Å². The van der Waals surface area contributed by atoms with Gasteiger partial charge in [0.05, 0.1) is 17.3 Å². The van der Waals surface area contributed by atoms with E-state index in [1.165, 1.54) is 23.1 Å².